The number of benzene rings is 3. The molecule has 0 atom stereocenters. The summed E-state index contributed by atoms with van der Waals surface area (Å²) in [5.41, 5.74) is 0. The third-order valence-corrected chi connectivity index (χ3v) is 8.87. The number of halogens is 1. The molecule has 0 saturated heterocycles. The molecular weight excluding hydrogens is 283 g/mol. The van der Waals surface area contributed by atoms with Gasteiger partial charge in [0.05, 0.1) is 0 Å². The molecule has 2 heteroatoms. The van der Waals surface area contributed by atoms with Crippen LogP contribution in [0.4, 0.5) is 0 Å². The van der Waals surface area contributed by atoms with Gasteiger partial charge in [-0.05, 0) is 0 Å². The van der Waals surface area contributed by atoms with Gasteiger partial charge in [-0.15, -0.1) is 0 Å². The van der Waals surface area contributed by atoms with E-state index in [0.29, 0.717) is 0 Å². The fourth-order valence-corrected chi connectivity index (χ4v) is 6.59. The van der Waals surface area contributed by atoms with E-state index in [9.17, 15) is 0 Å². The molecule has 0 unspecified atom stereocenters. The minimum absolute atomic E-state index is 0. The van der Waals surface area contributed by atoms with E-state index in [1.54, 1.807) is 0 Å². The number of hydrogen-bond acceptors (Lipinski definition) is 0. The molecule has 0 saturated carbocycles. The van der Waals surface area contributed by atoms with Crippen LogP contribution in [-0.4, -0.2) is 0 Å². The van der Waals surface area contributed by atoms with Crippen LogP contribution in [0.3, 0.4) is 0 Å². The zero-order valence-corrected chi connectivity index (χ0v) is 12.8. The summed E-state index contributed by atoms with van der Waals surface area (Å²) in [4.78, 5) is 0. The second kappa shape index (κ2) is 5.79. The zero-order valence-electron chi connectivity index (χ0n) is 12.0. The predicted octanol–water partition coefficient (Wildman–Crippen LogP) is 3.98. The number of hydrogen-bond donors (Lipinski definition) is 0. The van der Waals surface area contributed by atoms with Crippen LogP contribution in [0.2, 0.25) is 0 Å². The van der Waals surface area contributed by atoms with Crippen LogP contribution in [0, 0.1) is 0 Å². The molecule has 0 N–H and O–H groups in total. The summed E-state index contributed by atoms with van der Waals surface area (Å²) in [6.07, 6.45) is 0. The summed E-state index contributed by atoms with van der Waals surface area (Å²) in [6.45, 7) is -2.41. The maximum absolute atomic E-state index is 7.25. The van der Waals surface area contributed by atoms with Crippen LogP contribution >= 0.6 is 17.9 Å². The van der Waals surface area contributed by atoms with Crippen molar-refractivity contribution < 1.29 is 1.43 Å². The van der Waals surface area contributed by atoms with Gasteiger partial charge < -0.3 is 0 Å². The molecule has 0 aliphatic heterocycles. The first-order valence-electron chi connectivity index (χ1n) is 6.67. The first kappa shape index (κ1) is 13.4. The third kappa shape index (κ3) is 2.38. The predicted molar refractivity (Wildman–Crippen MR) is 93.5 cm³/mol. The Bertz CT molecular complexity index is 575. The van der Waals surface area contributed by atoms with Crippen molar-refractivity contribution in [3.63, 3.8) is 0 Å². The average molecular weight is 300 g/mol. The Morgan fingerprint density at radius 3 is 1.00 bits per heavy atom. The van der Waals surface area contributed by atoms with Crippen LogP contribution in [-0.2, 0) is 0 Å². The van der Waals surface area contributed by atoms with Crippen molar-refractivity contribution in [2.24, 2.45) is 0 Å². The third-order valence-electron chi connectivity index (χ3n) is 3.51. The van der Waals surface area contributed by atoms with Crippen LogP contribution in [0.15, 0.2) is 91.0 Å². The van der Waals surface area contributed by atoms with Crippen molar-refractivity contribution in [1.29, 1.82) is 0 Å². The fraction of sp³-hybridized carbons (Fsp3) is 0. The van der Waals surface area contributed by atoms with Gasteiger partial charge in [0.25, 0.3) is 0 Å². The van der Waals surface area contributed by atoms with Crippen molar-refractivity contribution in [3.05, 3.63) is 91.0 Å². The summed E-state index contributed by atoms with van der Waals surface area (Å²) >= 11 is 7.25. The van der Waals surface area contributed by atoms with E-state index in [2.05, 4.69) is 72.8 Å². The van der Waals surface area contributed by atoms with Gasteiger partial charge in [0.1, 0.15) is 0 Å². The van der Waals surface area contributed by atoms with Crippen molar-refractivity contribution in [2.45, 2.75) is 0 Å². The van der Waals surface area contributed by atoms with E-state index in [1.807, 2.05) is 18.2 Å². The minimum atomic E-state index is -2.41. The summed E-state index contributed by atoms with van der Waals surface area (Å²) in [5, 5.41) is 3.66. The maximum Gasteiger partial charge on any atom is 1.00 e. The molecule has 0 spiro atoms. The maximum atomic E-state index is 7.25. The minimum Gasteiger partial charge on any atom is 1.00 e. The molecule has 3 aromatic carbocycles. The smallest absolute Gasteiger partial charge is 1.00 e. The van der Waals surface area contributed by atoms with Crippen molar-refractivity contribution in [3.8, 4) is 0 Å². The van der Waals surface area contributed by atoms with E-state index < -0.39 is 6.62 Å². The summed E-state index contributed by atoms with van der Waals surface area (Å²) in [6, 6.07) is 31.3. The first-order chi connectivity index (χ1) is 9.82. The molecule has 0 amide bonds. The molecule has 0 aliphatic carbocycles. The van der Waals surface area contributed by atoms with Gasteiger partial charge >= 0.3 is 126 Å². The molecular formula is C18H17ClP+. The second-order valence-electron chi connectivity index (χ2n) is 4.76. The van der Waals surface area contributed by atoms with E-state index in [4.69, 9.17) is 11.2 Å². The van der Waals surface area contributed by atoms with Gasteiger partial charge in [0, 0.05) is 0 Å². The molecule has 0 radical (unpaired) electrons. The van der Waals surface area contributed by atoms with Crippen LogP contribution in [0.25, 0.3) is 0 Å². The molecule has 0 aromatic heterocycles. The monoisotopic (exact) mass is 299 g/mol. The Morgan fingerprint density at radius 1 is 0.500 bits per heavy atom. The van der Waals surface area contributed by atoms with Gasteiger partial charge in [-0.2, -0.15) is 0 Å². The molecule has 0 fully saturated rings. The van der Waals surface area contributed by atoms with Gasteiger partial charge in [-0.25, -0.2) is 0 Å². The molecule has 100 valence electrons. The summed E-state index contributed by atoms with van der Waals surface area (Å²) in [7, 11) is 0. The summed E-state index contributed by atoms with van der Waals surface area (Å²) in [5.74, 6) is 0. The average Bonchev–Trinajstić information content (AvgIpc) is 2.56. The Hall–Kier alpha value is -1.62. The zero-order chi connectivity index (χ0) is 13.8. The second-order valence-corrected chi connectivity index (χ2v) is 9.51. The molecule has 3 aromatic rings. The standard InChI is InChI=1S/C18H16ClP/c19-20(16-10-4-1-5-11-16,17-12-6-2-7-13-17)18-14-8-3-9-15-18/h1-15,20H/p+1. The SMILES string of the molecule is Cl[PH](c1ccccc1)(c1ccccc1)c1ccccc1.[H+]. The molecule has 0 bridgehead atoms. The topological polar surface area (TPSA) is 0 Å². The van der Waals surface area contributed by atoms with Crippen LogP contribution < -0.4 is 15.9 Å². The Labute approximate surface area is 126 Å². The van der Waals surface area contributed by atoms with Gasteiger partial charge in [0.15, 0.2) is 0 Å². The Morgan fingerprint density at radius 2 is 0.750 bits per heavy atom. The van der Waals surface area contributed by atoms with Gasteiger partial charge in [-0.1, -0.05) is 0 Å². The fourth-order valence-electron chi connectivity index (χ4n) is 2.50. The van der Waals surface area contributed by atoms with Crippen molar-refractivity contribution >= 4 is 33.8 Å². The van der Waals surface area contributed by atoms with E-state index in [0.717, 1.165) is 0 Å². The van der Waals surface area contributed by atoms with E-state index in [1.165, 1.54) is 15.9 Å². The van der Waals surface area contributed by atoms with Crippen LogP contribution in [0.1, 0.15) is 1.43 Å². The molecule has 0 heterocycles. The molecule has 0 aliphatic rings. The molecule has 20 heavy (non-hydrogen) atoms. The van der Waals surface area contributed by atoms with Crippen LogP contribution in [0.5, 0.6) is 0 Å². The van der Waals surface area contributed by atoms with E-state index in [-0.39, 0.29) is 1.43 Å². The first-order valence-corrected chi connectivity index (χ1v) is 9.68. The molecule has 3 rings (SSSR count). The normalized spacial score (nSPS) is 12.1. The van der Waals surface area contributed by atoms with Crippen molar-refractivity contribution in [2.75, 3.05) is 0 Å². The van der Waals surface area contributed by atoms with Crippen molar-refractivity contribution in [1.82, 2.24) is 0 Å². The van der Waals surface area contributed by atoms with E-state index >= 15 is 0 Å². The Balaban J connectivity index is 0.00000161. The Kier molecular flexibility index (Phi) is 3.87. The quantitative estimate of drug-likeness (QED) is 0.642. The summed E-state index contributed by atoms with van der Waals surface area (Å²) < 4.78 is 0. The largest absolute Gasteiger partial charge is 1.00 e. The van der Waals surface area contributed by atoms with Gasteiger partial charge in [-0.3, -0.25) is 0 Å². The van der Waals surface area contributed by atoms with Gasteiger partial charge in [0.2, 0.25) is 0 Å². The number of rotatable bonds is 3. The molecule has 0 nitrogen and oxygen atoms in total.